The predicted molar refractivity (Wildman–Crippen MR) is 101 cm³/mol. The molecule has 1 atom stereocenters. The summed E-state index contributed by atoms with van der Waals surface area (Å²) in [7, 11) is 0. The van der Waals surface area contributed by atoms with Crippen LogP contribution in [0.2, 0.25) is 5.02 Å². The number of anilines is 1. The van der Waals surface area contributed by atoms with Gasteiger partial charge in [-0.2, -0.15) is 0 Å². The SMILES string of the molecule is CC(OC(=O)c1ccc(Cl)c(N)c1)c1ccc2c3c(cccc13)CC2. The molecule has 25 heavy (non-hydrogen) atoms. The molecule has 4 heteroatoms. The first kappa shape index (κ1) is 16.0. The summed E-state index contributed by atoms with van der Waals surface area (Å²) >= 11 is 5.91. The second-order valence-electron chi connectivity index (χ2n) is 6.44. The largest absolute Gasteiger partial charge is 0.454 e. The molecule has 2 N–H and O–H groups in total. The first-order valence-corrected chi connectivity index (χ1v) is 8.72. The number of carbonyl (C=O) groups is 1. The molecule has 3 nitrogen and oxygen atoms in total. The Labute approximate surface area is 151 Å². The topological polar surface area (TPSA) is 52.3 Å². The number of carbonyl (C=O) groups excluding carboxylic acids is 1. The Kier molecular flexibility index (Phi) is 3.89. The highest BCUT2D eigenvalue weighted by Gasteiger charge is 2.20. The molecule has 0 heterocycles. The monoisotopic (exact) mass is 351 g/mol. The molecule has 0 radical (unpaired) electrons. The molecule has 0 aliphatic heterocycles. The molecule has 3 aromatic carbocycles. The Morgan fingerprint density at radius 3 is 2.64 bits per heavy atom. The van der Waals surface area contributed by atoms with Crippen molar-refractivity contribution in [2.75, 3.05) is 5.73 Å². The Morgan fingerprint density at radius 1 is 1.12 bits per heavy atom. The number of hydrogen-bond acceptors (Lipinski definition) is 3. The van der Waals surface area contributed by atoms with E-state index in [-0.39, 0.29) is 6.10 Å². The van der Waals surface area contributed by atoms with E-state index in [1.165, 1.54) is 21.9 Å². The lowest BCUT2D eigenvalue weighted by Gasteiger charge is -2.17. The molecule has 0 aromatic heterocycles. The number of halogens is 1. The molecular formula is C21H18ClNO2. The summed E-state index contributed by atoms with van der Waals surface area (Å²) in [6, 6.07) is 15.4. The average Bonchev–Trinajstić information content (AvgIpc) is 3.02. The third kappa shape index (κ3) is 2.75. The molecule has 0 saturated heterocycles. The van der Waals surface area contributed by atoms with Crippen LogP contribution in [0.4, 0.5) is 5.69 Å². The van der Waals surface area contributed by atoms with Crippen LogP contribution in [0.25, 0.3) is 10.8 Å². The van der Waals surface area contributed by atoms with Crippen LogP contribution in [0.5, 0.6) is 0 Å². The van der Waals surface area contributed by atoms with Crippen molar-refractivity contribution in [3.63, 3.8) is 0 Å². The minimum atomic E-state index is -0.404. The van der Waals surface area contributed by atoms with Gasteiger partial charge in [0.05, 0.1) is 16.3 Å². The zero-order valence-corrected chi connectivity index (χ0v) is 14.6. The second kappa shape index (κ2) is 6.08. The lowest BCUT2D eigenvalue weighted by Crippen LogP contribution is -2.10. The van der Waals surface area contributed by atoms with Crippen molar-refractivity contribution in [1.29, 1.82) is 0 Å². The summed E-state index contributed by atoms with van der Waals surface area (Å²) in [6.07, 6.45) is 1.80. The molecule has 1 unspecified atom stereocenters. The van der Waals surface area contributed by atoms with Crippen molar-refractivity contribution in [3.8, 4) is 0 Å². The summed E-state index contributed by atoms with van der Waals surface area (Å²) in [5.41, 5.74) is 10.3. The number of rotatable bonds is 3. The fourth-order valence-corrected chi connectivity index (χ4v) is 3.70. The van der Waals surface area contributed by atoms with E-state index in [9.17, 15) is 4.79 Å². The van der Waals surface area contributed by atoms with E-state index < -0.39 is 5.97 Å². The van der Waals surface area contributed by atoms with Gasteiger partial charge in [-0.15, -0.1) is 0 Å². The van der Waals surface area contributed by atoms with Crippen LogP contribution in [0.3, 0.4) is 0 Å². The standard InChI is InChI=1S/C21H18ClNO2/c1-12(25-21(24)15-8-10-18(22)19(23)11-15)16-9-7-14-6-5-13-3-2-4-17(16)20(13)14/h2-4,7-12H,5-6,23H2,1H3. The van der Waals surface area contributed by atoms with Gasteiger partial charge >= 0.3 is 5.97 Å². The normalized spacial score (nSPS) is 13.8. The van der Waals surface area contributed by atoms with Gasteiger partial charge in [0.25, 0.3) is 0 Å². The fraction of sp³-hybridized carbons (Fsp3) is 0.190. The van der Waals surface area contributed by atoms with Crippen LogP contribution in [-0.4, -0.2) is 5.97 Å². The fourth-order valence-electron chi connectivity index (χ4n) is 3.59. The van der Waals surface area contributed by atoms with Gasteiger partial charge in [0, 0.05) is 5.56 Å². The van der Waals surface area contributed by atoms with Crippen LogP contribution in [0.15, 0.2) is 48.5 Å². The van der Waals surface area contributed by atoms with Crippen molar-refractivity contribution in [3.05, 3.63) is 75.8 Å². The van der Waals surface area contributed by atoms with Gasteiger partial charge in [0.15, 0.2) is 0 Å². The predicted octanol–water partition coefficient (Wildman–Crippen LogP) is 5.09. The van der Waals surface area contributed by atoms with Crippen molar-refractivity contribution in [2.45, 2.75) is 25.9 Å². The number of benzene rings is 3. The van der Waals surface area contributed by atoms with Crippen LogP contribution in [0.1, 0.15) is 40.1 Å². The molecule has 1 aliphatic carbocycles. The van der Waals surface area contributed by atoms with Crippen molar-refractivity contribution in [1.82, 2.24) is 0 Å². The average molecular weight is 352 g/mol. The van der Waals surface area contributed by atoms with E-state index >= 15 is 0 Å². The van der Waals surface area contributed by atoms with E-state index in [4.69, 9.17) is 22.1 Å². The number of ether oxygens (including phenoxy) is 1. The van der Waals surface area contributed by atoms with Crippen LogP contribution >= 0.6 is 11.6 Å². The minimum Gasteiger partial charge on any atom is -0.454 e. The zero-order valence-electron chi connectivity index (χ0n) is 13.9. The highest BCUT2D eigenvalue weighted by atomic mass is 35.5. The number of nitrogens with two attached hydrogens (primary N) is 1. The van der Waals surface area contributed by atoms with E-state index in [0.717, 1.165) is 18.4 Å². The maximum Gasteiger partial charge on any atom is 0.338 e. The van der Waals surface area contributed by atoms with Gasteiger partial charge in [0.2, 0.25) is 0 Å². The third-order valence-electron chi connectivity index (χ3n) is 4.86. The highest BCUT2D eigenvalue weighted by Crippen LogP contribution is 2.36. The number of aryl methyl sites for hydroxylation is 2. The maximum absolute atomic E-state index is 12.5. The Hall–Kier alpha value is -2.52. The summed E-state index contributed by atoms with van der Waals surface area (Å²) < 4.78 is 5.69. The first-order valence-electron chi connectivity index (χ1n) is 8.34. The molecule has 3 aromatic rings. The van der Waals surface area contributed by atoms with Gasteiger partial charge in [-0.3, -0.25) is 0 Å². The number of esters is 1. The summed E-state index contributed by atoms with van der Waals surface area (Å²) in [5, 5.41) is 2.92. The van der Waals surface area contributed by atoms with E-state index in [1.807, 2.05) is 6.92 Å². The van der Waals surface area contributed by atoms with Gasteiger partial charge in [-0.25, -0.2) is 4.79 Å². The molecule has 0 fully saturated rings. The quantitative estimate of drug-likeness (QED) is 0.528. The summed E-state index contributed by atoms with van der Waals surface area (Å²) in [6.45, 7) is 1.90. The Bertz CT molecular complexity index is 986. The summed E-state index contributed by atoms with van der Waals surface area (Å²) in [5.74, 6) is -0.404. The van der Waals surface area contributed by atoms with Gasteiger partial charge < -0.3 is 10.5 Å². The minimum absolute atomic E-state index is 0.352. The Balaban J connectivity index is 1.66. The van der Waals surface area contributed by atoms with Crippen molar-refractivity contribution < 1.29 is 9.53 Å². The van der Waals surface area contributed by atoms with Gasteiger partial charge in [0.1, 0.15) is 6.10 Å². The number of nitrogen functional groups attached to an aromatic ring is 1. The van der Waals surface area contributed by atoms with Gasteiger partial charge in [-0.05, 0) is 59.9 Å². The lowest BCUT2D eigenvalue weighted by molar-refractivity contribution is 0.0341. The second-order valence-corrected chi connectivity index (χ2v) is 6.84. The van der Waals surface area contributed by atoms with Gasteiger partial charge in [-0.1, -0.05) is 41.9 Å². The molecule has 4 rings (SSSR count). The molecule has 126 valence electrons. The zero-order chi connectivity index (χ0) is 17.6. The van der Waals surface area contributed by atoms with Crippen molar-refractivity contribution >= 4 is 34.0 Å². The lowest BCUT2D eigenvalue weighted by atomic mass is 9.97. The first-order chi connectivity index (χ1) is 12.0. The molecule has 0 bridgehead atoms. The molecule has 1 aliphatic rings. The molecule has 0 amide bonds. The number of hydrogen-bond donors (Lipinski definition) is 1. The van der Waals surface area contributed by atoms with Crippen LogP contribution < -0.4 is 5.73 Å². The van der Waals surface area contributed by atoms with E-state index in [1.54, 1.807) is 18.2 Å². The smallest absolute Gasteiger partial charge is 0.338 e. The van der Waals surface area contributed by atoms with Crippen molar-refractivity contribution in [2.24, 2.45) is 0 Å². The highest BCUT2D eigenvalue weighted by molar-refractivity contribution is 6.33. The van der Waals surface area contributed by atoms with Crippen LogP contribution in [-0.2, 0) is 17.6 Å². The van der Waals surface area contributed by atoms with E-state index in [0.29, 0.717) is 16.3 Å². The molecule has 0 saturated carbocycles. The third-order valence-corrected chi connectivity index (χ3v) is 5.21. The molecule has 0 spiro atoms. The Morgan fingerprint density at radius 2 is 1.88 bits per heavy atom. The maximum atomic E-state index is 12.5. The van der Waals surface area contributed by atoms with E-state index in [2.05, 4.69) is 30.3 Å². The molecular weight excluding hydrogens is 334 g/mol. The van der Waals surface area contributed by atoms with Crippen LogP contribution in [0, 0.1) is 0 Å². The summed E-state index contributed by atoms with van der Waals surface area (Å²) in [4.78, 5) is 12.5.